The van der Waals surface area contributed by atoms with Gasteiger partial charge in [-0.3, -0.25) is 14.9 Å². The molecule has 2 aliphatic heterocycles. The van der Waals surface area contributed by atoms with Gasteiger partial charge in [0.1, 0.15) is 18.1 Å². The number of anilines is 2. The molecule has 2 unspecified atom stereocenters. The molecule has 13 nitrogen and oxygen atoms in total. The van der Waals surface area contributed by atoms with Gasteiger partial charge in [-0.2, -0.15) is 4.98 Å². The third kappa shape index (κ3) is 5.58. The first kappa shape index (κ1) is 32.2. The molecule has 0 aliphatic carbocycles. The number of nitrogens with two attached hydrogens (primary N) is 1. The van der Waals surface area contributed by atoms with Gasteiger partial charge < -0.3 is 35.0 Å². The summed E-state index contributed by atoms with van der Waals surface area (Å²) in [7, 11) is 1.21. The molecule has 46 heavy (non-hydrogen) atoms. The minimum atomic E-state index is -1.68. The first-order valence-electron chi connectivity index (χ1n) is 14.8. The lowest BCUT2D eigenvalue weighted by molar-refractivity contribution is -0.147. The first-order valence-corrected chi connectivity index (χ1v) is 14.8. The van der Waals surface area contributed by atoms with E-state index in [4.69, 9.17) is 15.2 Å². The number of hydrogen-bond acceptors (Lipinski definition) is 11. The van der Waals surface area contributed by atoms with Crippen LogP contribution in [0.1, 0.15) is 46.9 Å². The summed E-state index contributed by atoms with van der Waals surface area (Å²) in [6.07, 6.45) is 2.02. The Morgan fingerprint density at radius 1 is 1.13 bits per heavy atom. The second kappa shape index (κ2) is 12.7. The van der Waals surface area contributed by atoms with Crippen molar-refractivity contribution in [3.8, 4) is 5.88 Å². The van der Waals surface area contributed by atoms with Gasteiger partial charge in [0.2, 0.25) is 17.7 Å². The van der Waals surface area contributed by atoms with Crippen LogP contribution >= 0.6 is 0 Å². The number of rotatable bonds is 13. The van der Waals surface area contributed by atoms with Gasteiger partial charge in [0.25, 0.3) is 5.91 Å². The molecule has 1 saturated heterocycles. The van der Waals surface area contributed by atoms with Crippen LogP contribution < -0.4 is 26.0 Å². The van der Waals surface area contributed by atoms with Crippen molar-refractivity contribution in [3.05, 3.63) is 77.0 Å². The molecule has 0 radical (unpaired) electrons. The van der Waals surface area contributed by atoms with E-state index >= 15 is 0 Å². The van der Waals surface area contributed by atoms with E-state index in [9.17, 15) is 24.0 Å². The van der Waals surface area contributed by atoms with Crippen molar-refractivity contribution in [2.75, 3.05) is 37.4 Å². The van der Waals surface area contributed by atoms with Crippen molar-refractivity contribution in [3.63, 3.8) is 0 Å². The van der Waals surface area contributed by atoms with Gasteiger partial charge in [0.15, 0.2) is 5.54 Å². The Balaban J connectivity index is 1.48. The summed E-state index contributed by atoms with van der Waals surface area (Å²) in [4.78, 5) is 74.3. The van der Waals surface area contributed by atoms with Crippen LogP contribution in [0.5, 0.6) is 5.88 Å². The average molecular weight is 629 g/mol. The molecule has 1 fully saturated rings. The summed E-state index contributed by atoms with van der Waals surface area (Å²) >= 11 is 0. The van der Waals surface area contributed by atoms with Gasteiger partial charge in [0.05, 0.1) is 31.5 Å². The van der Waals surface area contributed by atoms with Crippen LogP contribution in [0.4, 0.5) is 11.6 Å². The third-order valence-electron chi connectivity index (χ3n) is 8.83. The minimum absolute atomic E-state index is 0.122. The van der Waals surface area contributed by atoms with Crippen molar-refractivity contribution in [1.29, 1.82) is 0 Å². The van der Waals surface area contributed by atoms with Crippen molar-refractivity contribution in [1.82, 2.24) is 20.6 Å². The maximum absolute atomic E-state index is 13.7. The molecule has 2 aliphatic rings. The normalized spacial score (nSPS) is 21.7. The fraction of sp³-hybridized carbons (Fsp3) is 0.364. The van der Waals surface area contributed by atoms with Crippen molar-refractivity contribution >= 4 is 42.0 Å². The lowest BCUT2D eigenvalue weighted by Gasteiger charge is -2.41. The molecular formula is C33H36N6O7. The highest BCUT2D eigenvalue weighted by Gasteiger charge is 2.80. The number of esters is 1. The number of carbonyl (C=O) groups excluding carboxylic acids is 5. The van der Waals surface area contributed by atoms with Crippen LogP contribution in [-0.4, -0.2) is 78.2 Å². The Hall–Kier alpha value is -5.17. The van der Waals surface area contributed by atoms with Gasteiger partial charge in [-0.25, -0.2) is 9.78 Å². The number of carbonyl (C=O) groups is 5. The number of nitrogens with one attached hydrogen (secondary N) is 2. The minimum Gasteiger partial charge on any atom is -0.478 e. The number of aryl methyl sites for hydroxylation is 2. The predicted molar refractivity (Wildman–Crippen MR) is 167 cm³/mol. The summed E-state index contributed by atoms with van der Waals surface area (Å²) in [6.45, 7) is 3.48. The molecule has 3 atom stereocenters. The van der Waals surface area contributed by atoms with Crippen LogP contribution in [0, 0.1) is 6.92 Å². The number of amides is 2. The summed E-state index contributed by atoms with van der Waals surface area (Å²) in [6, 6.07) is 15.9. The Kier molecular flexibility index (Phi) is 8.88. The average Bonchev–Trinajstić information content (AvgIpc) is 3.76. The molecule has 0 spiro atoms. The fourth-order valence-corrected chi connectivity index (χ4v) is 6.49. The maximum atomic E-state index is 13.7. The van der Waals surface area contributed by atoms with E-state index in [1.54, 1.807) is 62.4 Å². The number of ether oxygens (including phenoxy) is 2. The van der Waals surface area contributed by atoms with Crippen molar-refractivity contribution in [2.24, 2.45) is 0 Å². The molecule has 240 valence electrons. The number of nitrogen functional groups attached to an aromatic ring is 1. The monoisotopic (exact) mass is 628 g/mol. The molecular weight excluding hydrogens is 592 g/mol. The summed E-state index contributed by atoms with van der Waals surface area (Å²) in [5, 5.41) is 5.70. The molecule has 3 aromatic rings. The molecule has 5 rings (SSSR count). The largest absolute Gasteiger partial charge is 0.478 e. The second-order valence-electron chi connectivity index (χ2n) is 11.7. The number of methoxy groups -OCH3 is 1. The van der Waals surface area contributed by atoms with E-state index in [2.05, 4.69) is 20.6 Å². The predicted octanol–water partition coefficient (Wildman–Crippen LogP) is 1.45. The van der Waals surface area contributed by atoms with Gasteiger partial charge in [-0.1, -0.05) is 43.3 Å². The van der Waals surface area contributed by atoms with Crippen LogP contribution in [-0.2, 0) is 35.8 Å². The van der Waals surface area contributed by atoms with E-state index in [1.165, 1.54) is 12.0 Å². The standard InChI is InChI=1S/C33H36N6O7/c1-21-16-26(37-30(34)36-21)46-15-7-8-22-11-12-25-24(17-22)28(43)35-18-27(42)39(25)19-31(2,23-9-5-4-6-10-23)33(29(44)45-3)32(20-41,38-33)13-14-40/h4-6,9-12,14,16-17,20,38H,7-8,13,15,18-19H2,1-3H3,(H,35,43)(H2,34,36,37)/t31?,32?,33-/m1/s1. The zero-order chi connectivity index (χ0) is 33.1. The number of benzene rings is 2. The topological polar surface area (TPSA) is 193 Å². The van der Waals surface area contributed by atoms with Crippen LogP contribution in [0.15, 0.2) is 54.6 Å². The smallest absolute Gasteiger partial charge is 0.329 e. The molecule has 4 N–H and O–H groups in total. The van der Waals surface area contributed by atoms with Crippen LogP contribution in [0.2, 0.25) is 0 Å². The fourth-order valence-electron chi connectivity index (χ4n) is 6.49. The van der Waals surface area contributed by atoms with Gasteiger partial charge in [0, 0.05) is 30.1 Å². The highest BCUT2D eigenvalue weighted by molar-refractivity contribution is 6.10. The lowest BCUT2D eigenvalue weighted by atomic mass is 9.65. The van der Waals surface area contributed by atoms with Crippen LogP contribution in [0.3, 0.4) is 0 Å². The molecule has 13 heteroatoms. The Morgan fingerprint density at radius 3 is 2.57 bits per heavy atom. The first-order chi connectivity index (χ1) is 22.0. The van der Waals surface area contributed by atoms with Gasteiger partial charge in [-0.05, 0) is 43.0 Å². The third-order valence-corrected chi connectivity index (χ3v) is 8.83. The van der Waals surface area contributed by atoms with Crippen LogP contribution in [0.25, 0.3) is 0 Å². The summed E-state index contributed by atoms with van der Waals surface area (Å²) in [5.74, 6) is -1.08. The van der Waals surface area contributed by atoms with E-state index in [0.29, 0.717) is 54.8 Å². The molecule has 2 aromatic carbocycles. The number of nitrogens with zero attached hydrogens (tertiary/aromatic N) is 3. The highest BCUT2D eigenvalue weighted by atomic mass is 16.5. The zero-order valence-corrected chi connectivity index (χ0v) is 25.9. The Bertz CT molecular complexity index is 1660. The quantitative estimate of drug-likeness (QED) is 0.107. The highest BCUT2D eigenvalue weighted by Crippen LogP contribution is 2.54. The molecule has 3 heterocycles. The molecule has 0 bridgehead atoms. The number of aromatic nitrogens is 2. The van der Waals surface area contributed by atoms with Gasteiger partial charge in [-0.15, -0.1) is 0 Å². The van der Waals surface area contributed by atoms with E-state index in [0.717, 1.165) is 5.56 Å². The SMILES string of the molecule is COC(=O)[C@]1(C(C)(CN2C(=O)CNC(=O)c3cc(CCCOc4cc(C)nc(N)n4)ccc32)c2ccccc2)NC1(C=O)CC=O. The van der Waals surface area contributed by atoms with E-state index < -0.39 is 34.3 Å². The maximum Gasteiger partial charge on any atom is 0.329 e. The summed E-state index contributed by atoms with van der Waals surface area (Å²) < 4.78 is 10.9. The van der Waals surface area contributed by atoms with E-state index in [-0.39, 0.29) is 31.0 Å². The Morgan fingerprint density at radius 2 is 1.89 bits per heavy atom. The Labute approximate surface area is 265 Å². The lowest BCUT2D eigenvalue weighted by Crippen LogP contribution is -2.59. The number of hydrogen-bond donors (Lipinski definition) is 3. The van der Waals surface area contributed by atoms with Gasteiger partial charge >= 0.3 is 5.97 Å². The number of aldehydes is 2. The zero-order valence-electron chi connectivity index (χ0n) is 25.9. The molecule has 2 amide bonds. The molecule has 0 saturated carbocycles. The van der Waals surface area contributed by atoms with E-state index in [1.807, 2.05) is 6.07 Å². The van der Waals surface area contributed by atoms with Crippen molar-refractivity contribution in [2.45, 2.75) is 49.6 Å². The summed E-state index contributed by atoms with van der Waals surface area (Å²) in [5.41, 5.74) is 3.95. The molecule has 1 aromatic heterocycles. The second-order valence-corrected chi connectivity index (χ2v) is 11.7. The number of fused-ring (bicyclic) bond motifs is 1. The van der Waals surface area contributed by atoms with Crippen molar-refractivity contribution < 1.29 is 33.4 Å².